The molecule has 2 amide bonds. The van der Waals surface area contributed by atoms with Crippen molar-refractivity contribution in [3.8, 4) is 5.75 Å². The number of ether oxygens (including phenoxy) is 1. The monoisotopic (exact) mass is 311 g/mol. The number of carbonyl (C=O) groups excluding carboxylic acids is 1. The van der Waals surface area contributed by atoms with Crippen LogP contribution in [0.5, 0.6) is 5.75 Å². The maximum atomic E-state index is 12.1. The van der Waals surface area contributed by atoms with Gasteiger partial charge in [-0.2, -0.15) is 0 Å². The number of hydrogen-bond donors (Lipinski definition) is 3. The second-order valence-corrected chi connectivity index (χ2v) is 5.49. The molecule has 3 N–H and O–H groups in total. The molecule has 0 bridgehead atoms. The van der Waals surface area contributed by atoms with E-state index < -0.39 is 0 Å². The summed E-state index contributed by atoms with van der Waals surface area (Å²) >= 11 is 0. The van der Waals surface area contributed by atoms with E-state index in [0.29, 0.717) is 18.0 Å². The van der Waals surface area contributed by atoms with Crippen molar-refractivity contribution in [1.29, 1.82) is 0 Å². The maximum absolute atomic E-state index is 12.1. The maximum Gasteiger partial charge on any atom is 0.319 e. The minimum atomic E-state index is -0.237. The summed E-state index contributed by atoms with van der Waals surface area (Å²) in [5.41, 5.74) is 3.27. The zero-order valence-electron chi connectivity index (χ0n) is 13.1. The molecular weight excluding hydrogens is 290 g/mol. The van der Waals surface area contributed by atoms with Crippen molar-refractivity contribution in [2.75, 3.05) is 25.5 Å². The van der Waals surface area contributed by atoms with Crippen LogP contribution in [0.3, 0.4) is 0 Å². The molecule has 2 aromatic carbocycles. The highest BCUT2D eigenvalue weighted by molar-refractivity contribution is 5.90. The highest BCUT2D eigenvalue weighted by Gasteiger charge is 2.19. The first-order valence-corrected chi connectivity index (χ1v) is 7.77. The third kappa shape index (κ3) is 3.63. The van der Waals surface area contributed by atoms with Crippen LogP contribution < -0.4 is 20.7 Å². The van der Waals surface area contributed by atoms with Gasteiger partial charge in [0.05, 0.1) is 12.8 Å². The van der Waals surface area contributed by atoms with Crippen LogP contribution in [0.15, 0.2) is 48.5 Å². The van der Waals surface area contributed by atoms with Gasteiger partial charge >= 0.3 is 6.03 Å². The van der Waals surface area contributed by atoms with E-state index in [1.54, 1.807) is 7.11 Å². The van der Waals surface area contributed by atoms with Crippen LogP contribution in [-0.4, -0.2) is 26.2 Å². The van der Waals surface area contributed by atoms with Crippen molar-refractivity contribution in [2.45, 2.75) is 12.5 Å². The lowest BCUT2D eigenvalue weighted by atomic mass is 9.94. The van der Waals surface area contributed by atoms with Crippen LogP contribution in [0.2, 0.25) is 0 Å². The van der Waals surface area contributed by atoms with Crippen molar-refractivity contribution in [2.24, 2.45) is 0 Å². The molecular formula is C18H21N3O2. The van der Waals surface area contributed by atoms with Crippen LogP contribution >= 0.6 is 0 Å². The fraction of sp³-hybridized carbons (Fsp3) is 0.278. The topological polar surface area (TPSA) is 62.4 Å². The van der Waals surface area contributed by atoms with Crippen LogP contribution in [-0.2, 0) is 6.42 Å². The molecule has 1 aliphatic heterocycles. The molecule has 0 spiro atoms. The number of para-hydroxylation sites is 2. The molecule has 23 heavy (non-hydrogen) atoms. The zero-order valence-corrected chi connectivity index (χ0v) is 13.1. The molecule has 1 aliphatic rings. The summed E-state index contributed by atoms with van der Waals surface area (Å²) < 4.78 is 5.23. The van der Waals surface area contributed by atoms with E-state index in [9.17, 15) is 4.79 Å². The Morgan fingerprint density at radius 2 is 2.00 bits per heavy atom. The third-order valence-corrected chi connectivity index (χ3v) is 4.04. The number of fused-ring (bicyclic) bond motifs is 1. The molecule has 1 atom stereocenters. The van der Waals surface area contributed by atoms with Gasteiger partial charge in [0.2, 0.25) is 0 Å². The summed E-state index contributed by atoms with van der Waals surface area (Å²) in [7, 11) is 1.58. The number of carbonyl (C=O) groups is 1. The smallest absolute Gasteiger partial charge is 0.319 e. The first-order chi connectivity index (χ1) is 11.3. The van der Waals surface area contributed by atoms with E-state index in [1.165, 1.54) is 11.1 Å². The Kier molecular flexibility index (Phi) is 4.78. The first kappa shape index (κ1) is 15.4. The first-order valence-electron chi connectivity index (χ1n) is 7.77. The van der Waals surface area contributed by atoms with E-state index in [0.717, 1.165) is 13.0 Å². The SMILES string of the molecule is COc1ccccc1NC(=O)NCC1NCCc2ccccc21. The predicted molar refractivity (Wildman–Crippen MR) is 90.9 cm³/mol. The lowest BCUT2D eigenvalue weighted by Gasteiger charge is -2.27. The Morgan fingerprint density at radius 1 is 1.22 bits per heavy atom. The van der Waals surface area contributed by atoms with E-state index in [2.05, 4.69) is 34.1 Å². The normalized spacial score (nSPS) is 16.3. The fourth-order valence-electron chi connectivity index (χ4n) is 2.88. The number of urea groups is 1. The highest BCUT2D eigenvalue weighted by atomic mass is 16.5. The number of methoxy groups -OCH3 is 1. The van der Waals surface area contributed by atoms with Crippen LogP contribution in [0.1, 0.15) is 17.2 Å². The van der Waals surface area contributed by atoms with Gasteiger partial charge in [-0.3, -0.25) is 0 Å². The standard InChI is InChI=1S/C18H21N3O2/c1-23-17-9-5-4-8-15(17)21-18(22)20-12-16-14-7-3-2-6-13(14)10-11-19-16/h2-9,16,19H,10-12H2,1H3,(H2,20,21,22). The minimum absolute atomic E-state index is 0.142. The molecule has 0 saturated carbocycles. The molecule has 0 fully saturated rings. The molecule has 3 rings (SSSR count). The Labute approximate surface area is 136 Å². The lowest BCUT2D eigenvalue weighted by molar-refractivity contribution is 0.250. The Morgan fingerprint density at radius 3 is 2.87 bits per heavy atom. The molecule has 2 aromatic rings. The van der Waals surface area contributed by atoms with Gasteiger partial charge < -0.3 is 20.7 Å². The average Bonchev–Trinajstić information content (AvgIpc) is 2.60. The Hall–Kier alpha value is -2.53. The van der Waals surface area contributed by atoms with Gasteiger partial charge in [0.1, 0.15) is 5.75 Å². The van der Waals surface area contributed by atoms with Crippen LogP contribution in [0, 0.1) is 0 Å². The summed E-state index contributed by atoms with van der Waals surface area (Å²) in [6.07, 6.45) is 1.03. The largest absolute Gasteiger partial charge is 0.495 e. The number of benzene rings is 2. The van der Waals surface area contributed by atoms with Crippen molar-refractivity contribution in [3.63, 3.8) is 0 Å². The molecule has 1 unspecified atom stereocenters. The summed E-state index contributed by atoms with van der Waals surface area (Å²) in [6, 6.07) is 15.6. The predicted octanol–water partition coefficient (Wildman–Crippen LogP) is 2.70. The molecule has 1 heterocycles. The fourth-order valence-corrected chi connectivity index (χ4v) is 2.88. The molecule has 0 aromatic heterocycles. The van der Waals surface area contributed by atoms with E-state index in [-0.39, 0.29) is 12.1 Å². The van der Waals surface area contributed by atoms with Crippen molar-refractivity contribution < 1.29 is 9.53 Å². The third-order valence-electron chi connectivity index (χ3n) is 4.04. The quantitative estimate of drug-likeness (QED) is 0.813. The van der Waals surface area contributed by atoms with Gasteiger partial charge in [-0.15, -0.1) is 0 Å². The van der Waals surface area contributed by atoms with Gasteiger partial charge in [-0.25, -0.2) is 4.79 Å². The Bertz CT molecular complexity index is 687. The highest BCUT2D eigenvalue weighted by Crippen LogP contribution is 2.23. The average molecular weight is 311 g/mol. The van der Waals surface area contributed by atoms with E-state index in [1.807, 2.05) is 30.3 Å². The number of hydrogen-bond acceptors (Lipinski definition) is 3. The second kappa shape index (κ2) is 7.15. The van der Waals surface area contributed by atoms with Gasteiger partial charge in [0, 0.05) is 12.6 Å². The molecule has 0 aliphatic carbocycles. The number of nitrogens with one attached hydrogen (secondary N) is 3. The summed E-state index contributed by atoms with van der Waals surface area (Å²) in [6.45, 7) is 1.47. The Balaban J connectivity index is 1.60. The minimum Gasteiger partial charge on any atom is -0.495 e. The van der Waals surface area contributed by atoms with E-state index in [4.69, 9.17) is 4.74 Å². The summed E-state index contributed by atoms with van der Waals surface area (Å²) in [5.74, 6) is 0.642. The number of anilines is 1. The summed E-state index contributed by atoms with van der Waals surface area (Å²) in [4.78, 5) is 12.1. The van der Waals surface area contributed by atoms with Gasteiger partial charge in [0.15, 0.2) is 0 Å². The zero-order chi connectivity index (χ0) is 16.1. The molecule has 0 radical (unpaired) electrons. The van der Waals surface area contributed by atoms with Crippen molar-refractivity contribution >= 4 is 11.7 Å². The number of amides is 2. The van der Waals surface area contributed by atoms with Gasteiger partial charge in [-0.1, -0.05) is 36.4 Å². The number of rotatable bonds is 4. The molecule has 5 nitrogen and oxygen atoms in total. The molecule has 120 valence electrons. The van der Waals surface area contributed by atoms with Crippen molar-refractivity contribution in [1.82, 2.24) is 10.6 Å². The molecule has 0 saturated heterocycles. The van der Waals surface area contributed by atoms with Crippen molar-refractivity contribution in [3.05, 3.63) is 59.7 Å². The van der Waals surface area contributed by atoms with Crippen LogP contribution in [0.25, 0.3) is 0 Å². The second-order valence-electron chi connectivity index (χ2n) is 5.49. The lowest BCUT2D eigenvalue weighted by Crippen LogP contribution is -2.40. The van der Waals surface area contributed by atoms with Gasteiger partial charge in [-0.05, 0) is 36.2 Å². The van der Waals surface area contributed by atoms with E-state index >= 15 is 0 Å². The molecule has 5 heteroatoms. The van der Waals surface area contributed by atoms with Gasteiger partial charge in [0.25, 0.3) is 0 Å². The van der Waals surface area contributed by atoms with Crippen LogP contribution in [0.4, 0.5) is 10.5 Å². The summed E-state index contributed by atoms with van der Waals surface area (Å²) in [5, 5.41) is 9.20.